The Labute approximate surface area is 222 Å². The van der Waals surface area contributed by atoms with Crippen molar-refractivity contribution in [2.45, 2.75) is 40.4 Å². The molecule has 38 heavy (non-hydrogen) atoms. The smallest absolute Gasteiger partial charge is 0.416 e. The molecule has 0 spiro atoms. The first kappa shape index (κ1) is 28.6. The average molecular weight is 544 g/mol. The lowest BCUT2D eigenvalue weighted by Gasteiger charge is -2.27. The number of thiazole rings is 1. The van der Waals surface area contributed by atoms with Crippen LogP contribution in [0.15, 0.2) is 66.7 Å². The van der Waals surface area contributed by atoms with Crippen LogP contribution in [0, 0.1) is 5.41 Å². The van der Waals surface area contributed by atoms with Crippen molar-refractivity contribution in [3.05, 3.63) is 77.9 Å². The molecular weight excluding hydrogens is 515 g/mol. The third kappa shape index (κ3) is 6.49. The lowest BCUT2D eigenvalue weighted by Crippen LogP contribution is -2.49. The van der Waals surface area contributed by atoms with Crippen LogP contribution in [0.2, 0.25) is 0 Å². The van der Waals surface area contributed by atoms with Gasteiger partial charge in [0.15, 0.2) is 5.13 Å². The Balaban J connectivity index is 0.00000400. The van der Waals surface area contributed by atoms with E-state index < -0.39 is 35.1 Å². The Kier molecular flexibility index (Phi) is 8.16. The summed E-state index contributed by atoms with van der Waals surface area (Å²) in [6.07, 6.45) is -4.41. The van der Waals surface area contributed by atoms with Gasteiger partial charge >= 0.3 is 12.1 Å². The summed E-state index contributed by atoms with van der Waals surface area (Å²) in [5.41, 5.74) is 1.94. The number of hydrogen-bond donors (Lipinski definition) is 3. The molecule has 0 bridgehead atoms. The molecule has 0 unspecified atom stereocenters. The molecule has 1 atom stereocenters. The highest BCUT2D eigenvalue weighted by molar-refractivity contribution is 7.22. The van der Waals surface area contributed by atoms with Crippen LogP contribution in [0.5, 0.6) is 0 Å². The minimum atomic E-state index is -4.41. The van der Waals surface area contributed by atoms with Gasteiger partial charge < -0.3 is 15.7 Å². The van der Waals surface area contributed by atoms with Gasteiger partial charge in [0, 0.05) is 11.3 Å². The van der Waals surface area contributed by atoms with Gasteiger partial charge in [-0.25, -0.2) is 9.78 Å². The predicted octanol–water partition coefficient (Wildman–Crippen LogP) is 7.59. The molecule has 4 rings (SSSR count). The Morgan fingerprint density at radius 2 is 1.50 bits per heavy atom. The van der Waals surface area contributed by atoms with Crippen molar-refractivity contribution in [1.29, 1.82) is 0 Å². The summed E-state index contributed by atoms with van der Waals surface area (Å²) in [7, 11) is 0. The highest BCUT2D eigenvalue weighted by Gasteiger charge is 2.33. The van der Waals surface area contributed by atoms with E-state index in [0.717, 1.165) is 40.3 Å². The molecule has 10 heteroatoms. The fourth-order valence-electron chi connectivity index (χ4n) is 3.70. The molecule has 1 aromatic heterocycles. The monoisotopic (exact) mass is 543 g/mol. The molecule has 1 amide bonds. The van der Waals surface area contributed by atoms with Crippen LogP contribution in [0.4, 0.5) is 24.0 Å². The second-order valence-electron chi connectivity index (χ2n) is 9.59. The number of alkyl halides is 3. The van der Waals surface area contributed by atoms with Crippen LogP contribution >= 0.6 is 11.3 Å². The fraction of sp³-hybridized carbons (Fsp3) is 0.250. The third-order valence-electron chi connectivity index (χ3n) is 5.72. The number of halogens is 3. The van der Waals surface area contributed by atoms with E-state index in [-0.39, 0.29) is 7.43 Å². The molecule has 200 valence electrons. The predicted molar refractivity (Wildman–Crippen MR) is 145 cm³/mol. The van der Waals surface area contributed by atoms with Gasteiger partial charge in [-0.15, -0.1) is 0 Å². The van der Waals surface area contributed by atoms with Gasteiger partial charge in [0.05, 0.1) is 15.8 Å². The molecule has 0 fully saturated rings. The Bertz CT molecular complexity index is 1440. The summed E-state index contributed by atoms with van der Waals surface area (Å²) in [5.74, 6) is -1.56. The molecule has 0 aliphatic carbocycles. The van der Waals surface area contributed by atoms with Crippen LogP contribution in [0.25, 0.3) is 21.3 Å². The van der Waals surface area contributed by atoms with Gasteiger partial charge in [-0.3, -0.25) is 4.79 Å². The molecule has 3 aromatic carbocycles. The van der Waals surface area contributed by atoms with Gasteiger partial charge in [0.2, 0.25) is 0 Å². The first-order valence-electron chi connectivity index (χ1n) is 11.3. The number of amides is 1. The van der Waals surface area contributed by atoms with Crippen LogP contribution in [-0.2, 0) is 11.0 Å². The maximum Gasteiger partial charge on any atom is 0.416 e. The van der Waals surface area contributed by atoms with Crippen molar-refractivity contribution in [3.63, 3.8) is 0 Å². The number of carboxylic acids is 1. The quantitative estimate of drug-likeness (QED) is 0.233. The second kappa shape index (κ2) is 10.8. The van der Waals surface area contributed by atoms with Gasteiger partial charge in [0.1, 0.15) is 6.04 Å². The van der Waals surface area contributed by atoms with Gasteiger partial charge in [-0.05, 0) is 59.0 Å². The largest absolute Gasteiger partial charge is 0.480 e. The van der Waals surface area contributed by atoms with E-state index in [2.05, 4.69) is 15.6 Å². The van der Waals surface area contributed by atoms with E-state index in [1.807, 2.05) is 24.3 Å². The SMILES string of the molecule is C.CC(C)(C)[C@H](NC(=O)c1ccc(-c2ccc(Nc3nc4ccc(C(F)(F)F)cc4s3)cc2)cc1)C(=O)O. The summed E-state index contributed by atoms with van der Waals surface area (Å²) >= 11 is 1.14. The molecule has 0 saturated heterocycles. The topological polar surface area (TPSA) is 91.3 Å². The molecule has 0 aliphatic rings. The highest BCUT2D eigenvalue weighted by atomic mass is 32.1. The van der Waals surface area contributed by atoms with E-state index in [9.17, 15) is 27.9 Å². The van der Waals surface area contributed by atoms with Gasteiger partial charge in [0.25, 0.3) is 5.91 Å². The summed E-state index contributed by atoms with van der Waals surface area (Å²) in [6, 6.07) is 16.6. The summed E-state index contributed by atoms with van der Waals surface area (Å²) in [6.45, 7) is 5.23. The summed E-state index contributed by atoms with van der Waals surface area (Å²) in [5, 5.41) is 15.6. The molecule has 6 nitrogen and oxygen atoms in total. The summed E-state index contributed by atoms with van der Waals surface area (Å²) < 4.78 is 39.3. The zero-order valence-corrected chi connectivity index (χ0v) is 21.0. The number of fused-ring (bicyclic) bond motifs is 1. The highest BCUT2D eigenvalue weighted by Crippen LogP contribution is 2.35. The van der Waals surface area contributed by atoms with Gasteiger partial charge in [-0.1, -0.05) is 63.8 Å². The first-order valence-corrected chi connectivity index (χ1v) is 12.1. The van der Waals surface area contributed by atoms with Crippen molar-refractivity contribution in [1.82, 2.24) is 10.3 Å². The second-order valence-corrected chi connectivity index (χ2v) is 10.6. The standard InChI is InChI=1S/C27H24F3N3O3S.CH4/c1-26(2,3)22(24(35)36)33-23(34)17-6-4-15(5-7-17)16-8-11-19(12-9-16)31-25-32-20-13-10-18(27(28,29)30)14-21(20)37-25;/h4-14,22H,1-3H3,(H,31,32)(H,33,34)(H,35,36);1H4/t22-;/m1./s1. The number of anilines is 2. The number of nitrogens with zero attached hydrogens (tertiary/aromatic N) is 1. The van der Waals surface area contributed by atoms with E-state index in [0.29, 0.717) is 20.9 Å². The molecule has 0 saturated carbocycles. The lowest BCUT2D eigenvalue weighted by molar-refractivity contribution is -0.142. The summed E-state index contributed by atoms with van der Waals surface area (Å²) in [4.78, 5) is 28.4. The number of rotatable bonds is 6. The van der Waals surface area contributed by atoms with E-state index in [1.54, 1.807) is 45.0 Å². The number of aliphatic carboxylic acids is 1. The Morgan fingerprint density at radius 3 is 2.03 bits per heavy atom. The van der Waals surface area contributed by atoms with E-state index in [1.165, 1.54) is 6.07 Å². The molecule has 0 radical (unpaired) electrons. The molecule has 0 aliphatic heterocycles. The van der Waals surface area contributed by atoms with Crippen molar-refractivity contribution in [3.8, 4) is 11.1 Å². The molecule has 3 N–H and O–H groups in total. The maximum absolute atomic E-state index is 13.0. The van der Waals surface area contributed by atoms with Crippen molar-refractivity contribution < 1.29 is 27.9 Å². The lowest BCUT2D eigenvalue weighted by atomic mass is 9.86. The van der Waals surface area contributed by atoms with Crippen LogP contribution in [-0.4, -0.2) is 28.0 Å². The van der Waals surface area contributed by atoms with E-state index >= 15 is 0 Å². The zero-order valence-electron chi connectivity index (χ0n) is 20.2. The number of aromatic nitrogens is 1. The van der Waals surface area contributed by atoms with E-state index in [4.69, 9.17) is 0 Å². The maximum atomic E-state index is 13.0. The van der Waals surface area contributed by atoms with Crippen LogP contribution in [0.3, 0.4) is 0 Å². The van der Waals surface area contributed by atoms with Crippen LogP contribution in [0.1, 0.15) is 44.1 Å². The average Bonchev–Trinajstić information content (AvgIpc) is 3.23. The molecule has 4 aromatic rings. The normalized spacial score (nSPS) is 12.5. The van der Waals surface area contributed by atoms with Crippen molar-refractivity contribution >= 4 is 44.2 Å². The fourth-order valence-corrected chi connectivity index (χ4v) is 4.63. The minimum absolute atomic E-state index is 0. The van der Waals surface area contributed by atoms with Gasteiger partial charge in [-0.2, -0.15) is 13.2 Å². The number of carboxylic acid groups (broad SMARTS) is 1. The number of nitrogens with one attached hydrogen (secondary N) is 2. The Morgan fingerprint density at radius 1 is 0.921 bits per heavy atom. The molecular formula is C28H28F3N3O3S. The number of benzene rings is 3. The number of carbonyl (C=O) groups is 2. The van der Waals surface area contributed by atoms with Crippen molar-refractivity contribution in [2.75, 3.05) is 5.32 Å². The minimum Gasteiger partial charge on any atom is -0.480 e. The number of hydrogen-bond acceptors (Lipinski definition) is 5. The zero-order chi connectivity index (χ0) is 27.0. The molecule has 1 heterocycles. The van der Waals surface area contributed by atoms with Crippen molar-refractivity contribution in [2.24, 2.45) is 5.41 Å². The first-order chi connectivity index (χ1) is 17.3. The van der Waals surface area contributed by atoms with Crippen LogP contribution < -0.4 is 10.6 Å². The number of carbonyl (C=O) groups excluding carboxylic acids is 1. The third-order valence-corrected chi connectivity index (χ3v) is 6.65. The Hall–Kier alpha value is -3.92.